The molecular formula is C76H122O6. The molecule has 0 aliphatic carbocycles. The van der Waals surface area contributed by atoms with E-state index < -0.39 is 6.10 Å². The Balaban J connectivity index is 4.38. The van der Waals surface area contributed by atoms with Gasteiger partial charge in [0.15, 0.2) is 6.10 Å². The average Bonchev–Trinajstić information content (AvgIpc) is 3.47. The Kier molecular flexibility index (Phi) is 64.4. The lowest BCUT2D eigenvalue weighted by Crippen LogP contribution is -2.30. The van der Waals surface area contributed by atoms with Gasteiger partial charge in [-0.15, -0.1) is 0 Å². The first-order valence-corrected chi connectivity index (χ1v) is 33.5. The van der Waals surface area contributed by atoms with Crippen molar-refractivity contribution in [3.05, 3.63) is 158 Å². The second-order valence-corrected chi connectivity index (χ2v) is 21.6. The van der Waals surface area contributed by atoms with E-state index in [1.807, 2.05) is 0 Å². The number of carbonyl (C=O) groups excluding carboxylic acids is 3. The molecule has 0 N–H and O–H groups in total. The van der Waals surface area contributed by atoms with Gasteiger partial charge in [-0.1, -0.05) is 275 Å². The summed E-state index contributed by atoms with van der Waals surface area (Å²) in [7, 11) is 0. The van der Waals surface area contributed by atoms with Crippen LogP contribution in [0.4, 0.5) is 0 Å². The van der Waals surface area contributed by atoms with Gasteiger partial charge in [0, 0.05) is 19.3 Å². The lowest BCUT2D eigenvalue weighted by molar-refractivity contribution is -0.167. The first-order valence-electron chi connectivity index (χ1n) is 33.5. The molecule has 6 nitrogen and oxygen atoms in total. The molecule has 0 spiro atoms. The van der Waals surface area contributed by atoms with E-state index in [1.54, 1.807) is 0 Å². The molecule has 462 valence electrons. The topological polar surface area (TPSA) is 78.9 Å². The Labute approximate surface area is 505 Å². The Morgan fingerprint density at radius 2 is 0.476 bits per heavy atom. The van der Waals surface area contributed by atoms with Crippen LogP contribution in [0, 0.1) is 0 Å². The molecular weight excluding hydrogens is 1010 g/mol. The van der Waals surface area contributed by atoms with E-state index in [2.05, 4.69) is 179 Å². The summed E-state index contributed by atoms with van der Waals surface area (Å²) in [6.07, 6.45) is 99.7. The molecule has 0 saturated carbocycles. The molecule has 0 aromatic carbocycles. The predicted molar refractivity (Wildman–Crippen MR) is 357 cm³/mol. The van der Waals surface area contributed by atoms with E-state index in [4.69, 9.17) is 14.2 Å². The lowest BCUT2D eigenvalue weighted by atomic mass is 10.1. The molecule has 0 aliphatic heterocycles. The fraction of sp³-hybridized carbons (Fsp3) is 0.618. The Morgan fingerprint density at radius 1 is 0.256 bits per heavy atom. The number of unbranched alkanes of at least 4 members (excludes halogenated alkanes) is 22. The van der Waals surface area contributed by atoms with Crippen molar-refractivity contribution in [1.29, 1.82) is 0 Å². The van der Waals surface area contributed by atoms with Crippen LogP contribution in [-0.4, -0.2) is 37.2 Å². The zero-order valence-electron chi connectivity index (χ0n) is 52.9. The summed E-state index contributed by atoms with van der Waals surface area (Å²) in [5.74, 6) is -0.960. The van der Waals surface area contributed by atoms with Gasteiger partial charge in [0.05, 0.1) is 0 Å². The van der Waals surface area contributed by atoms with Crippen LogP contribution in [0.1, 0.15) is 284 Å². The van der Waals surface area contributed by atoms with Gasteiger partial charge < -0.3 is 14.2 Å². The van der Waals surface area contributed by atoms with Gasteiger partial charge in [0.25, 0.3) is 0 Å². The second-order valence-electron chi connectivity index (χ2n) is 21.6. The summed E-state index contributed by atoms with van der Waals surface area (Å²) in [5.41, 5.74) is 0. The maximum Gasteiger partial charge on any atom is 0.306 e. The van der Waals surface area contributed by atoms with Crippen molar-refractivity contribution in [3.8, 4) is 0 Å². The third kappa shape index (κ3) is 65.8. The smallest absolute Gasteiger partial charge is 0.306 e. The van der Waals surface area contributed by atoms with Gasteiger partial charge in [-0.05, 0) is 148 Å². The minimum Gasteiger partial charge on any atom is -0.462 e. The van der Waals surface area contributed by atoms with Crippen molar-refractivity contribution in [2.75, 3.05) is 13.2 Å². The molecule has 1 atom stereocenters. The van der Waals surface area contributed by atoms with E-state index in [0.29, 0.717) is 19.3 Å². The number of allylic oxidation sites excluding steroid dienone is 26. The number of hydrogen-bond donors (Lipinski definition) is 0. The largest absolute Gasteiger partial charge is 0.462 e. The Bertz CT molecular complexity index is 1830. The van der Waals surface area contributed by atoms with E-state index in [1.165, 1.54) is 96.3 Å². The molecule has 1 unspecified atom stereocenters. The normalized spacial score (nSPS) is 13.2. The zero-order chi connectivity index (χ0) is 59.2. The molecule has 0 rings (SSSR count). The molecule has 0 amide bonds. The quantitative estimate of drug-likeness (QED) is 0.0261. The highest BCUT2D eigenvalue weighted by molar-refractivity contribution is 5.71. The highest BCUT2D eigenvalue weighted by Gasteiger charge is 2.19. The van der Waals surface area contributed by atoms with Crippen molar-refractivity contribution in [2.45, 2.75) is 290 Å². The number of hydrogen-bond acceptors (Lipinski definition) is 6. The van der Waals surface area contributed by atoms with Crippen molar-refractivity contribution < 1.29 is 28.6 Å². The standard InChI is InChI=1S/C76H122O6/c1-4-7-10-13-16-19-22-25-28-30-32-33-34-35-36-37-38-39-40-41-42-43-44-46-48-51-54-57-60-63-66-69-75(78)81-72-73(71-80-74(77)68-65-62-59-56-53-50-47-27-24-21-18-15-12-9-6-3)82-76(79)70-67-64-61-58-55-52-49-45-31-29-26-23-20-17-14-11-8-5-2/h7,9-10,12,16,18-21,23,25,27-29,31-33,35-36,38-39,41-42,47,53,56,73H,4-6,8,11,13-15,17,22,24,26,30,34,37,40,43-46,48-52,54-55,57-72H2,1-3H3/b10-7-,12-9-,19-16-,21-18-,23-20-,28-25-,31-29-,33-32-,36-35-,39-38-,42-41-,47-27-,56-53-. The van der Waals surface area contributed by atoms with Crippen LogP contribution in [-0.2, 0) is 28.6 Å². The van der Waals surface area contributed by atoms with Crippen LogP contribution in [0.3, 0.4) is 0 Å². The highest BCUT2D eigenvalue weighted by atomic mass is 16.6. The molecule has 0 fully saturated rings. The number of ether oxygens (including phenoxy) is 3. The summed E-state index contributed by atoms with van der Waals surface area (Å²) in [6, 6.07) is 0. The summed E-state index contributed by atoms with van der Waals surface area (Å²) in [6.45, 7) is 6.35. The summed E-state index contributed by atoms with van der Waals surface area (Å²) in [4.78, 5) is 38.4. The molecule has 6 heteroatoms. The third-order valence-corrected chi connectivity index (χ3v) is 13.7. The molecule has 0 saturated heterocycles. The molecule has 0 heterocycles. The molecule has 0 aliphatic rings. The maximum atomic E-state index is 12.9. The van der Waals surface area contributed by atoms with Crippen molar-refractivity contribution in [1.82, 2.24) is 0 Å². The maximum absolute atomic E-state index is 12.9. The monoisotopic (exact) mass is 1130 g/mol. The molecule has 0 radical (unpaired) electrons. The van der Waals surface area contributed by atoms with Gasteiger partial charge in [0.1, 0.15) is 13.2 Å². The molecule has 0 aromatic heterocycles. The van der Waals surface area contributed by atoms with Crippen LogP contribution in [0.15, 0.2) is 158 Å². The van der Waals surface area contributed by atoms with Gasteiger partial charge in [-0.3, -0.25) is 14.4 Å². The minimum absolute atomic E-state index is 0.103. The van der Waals surface area contributed by atoms with E-state index in [9.17, 15) is 14.4 Å². The molecule has 82 heavy (non-hydrogen) atoms. The van der Waals surface area contributed by atoms with Crippen molar-refractivity contribution in [2.24, 2.45) is 0 Å². The van der Waals surface area contributed by atoms with E-state index >= 15 is 0 Å². The third-order valence-electron chi connectivity index (χ3n) is 13.7. The first-order chi connectivity index (χ1) is 40.5. The van der Waals surface area contributed by atoms with Crippen molar-refractivity contribution in [3.63, 3.8) is 0 Å². The Morgan fingerprint density at radius 3 is 0.768 bits per heavy atom. The number of carbonyl (C=O) groups is 3. The summed E-state index contributed by atoms with van der Waals surface area (Å²) < 4.78 is 16.9. The van der Waals surface area contributed by atoms with E-state index in [-0.39, 0.29) is 31.1 Å². The number of esters is 3. The van der Waals surface area contributed by atoms with Gasteiger partial charge >= 0.3 is 17.9 Å². The minimum atomic E-state index is -0.810. The van der Waals surface area contributed by atoms with Crippen LogP contribution >= 0.6 is 0 Å². The fourth-order valence-electron chi connectivity index (χ4n) is 8.80. The lowest BCUT2D eigenvalue weighted by Gasteiger charge is -2.18. The summed E-state index contributed by atoms with van der Waals surface area (Å²) in [5, 5.41) is 0. The van der Waals surface area contributed by atoms with Crippen LogP contribution in [0.25, 0.3) is 0 Å². The second kappa shape index (κ2) is 68.5. The average molecular weight is 1130 g/mol. The number of rotatable bonds is 59. The molecule has 0 bridgehead atoms. The van der Waals surface area contributed by atoms with Crippen LogP contribution in [0.2, 0.25) is 0 Å². The van der Waals surface area contributed by atoms with Crippen molar-refractivity contribution >= 4 is 17.9 Å². The van der Waals surface area contributed by atoms with Gasteiger partial charge in [0.2, 0.25) is 0 Å². The van der Waals surface area contributed by atoms with Gasteiger partial charge in [-0.2, -0.15) is 0 Å². The molecule has 0 aromatic rings. The van der Waals surface area contributed by atoms with Crippen LogP contribution in [0.5, 0.6) is 0 Å². The van der Waals surface area contributed by atoms with Crippen LogP contribution < -0.4 is 0 Å². The highest BCUT2D eigenvalue weighted by Crippen LogP contribution is 2.15. The van der Waals surface area contributed by atoms with E-state index in [0.717, 1.165) is 148 Å². The Hall–Kier alpha value is -4.97. The summed E-state index contributed by atoms with van der Waals surface area (Å²) >= 11 is 0. The first kappa shape index (κ1) is 77.0. The SMILES string of the molecule is CC/C=C\C/C=C\C/C=C\C/C=C\C/C=C\C/C=C\C/C=C\CCCCCCCCCCCC(=O)OCC(COC(=O)CCCC/C=C\C/C=C\C/C=C\C/C=C\CC)OC(=O)CCCCCCCCC/C=C\C/C=C\CCCCCC. The predicted octanol–water partition coefficient (Wildman–Crippen LogP) is 23.3. The zero-order valence-corrected chi connectivity index (χ0v) is 52.9. The van der Waals surface area contributed by atoms with Gasteiger partial charge in [-0.25, -0.2) is 0 Å². The fourth-order valence-corrected chi connectivity index (χ4v) is 8.80.